The third-order valence-corrected chi connectivity index (χ3v) is 8.07. The number of rotatable bonds is 9. The number of Topliss-reactive ketones (excluding diaryl/α,β-unsaturated/α-hetero) is 2. The Morgan fingerprint density at radius 2 is 1.28 bits per heavy atom. The van der Waals surface area contributed by atoms with Crippen molar-refractivity contribution in [2.24, 2.45) is 0 Å². The zero-order valence-electron chi connectivity index (χ0n) is 26.2. The normalized spacial score (nSPS) is 14.6. The van der Waals surface area contributed by atoms with Crippen molar-refractivity contribution in [1.82, 2.24) is 0 Å². The van der Waals surface area contributed by atoms with Gasteiger partial charge in [-0.1, -0.05) is 91.0 Å². The number of nitrogens with zero attached hydrogens (tertiary/aromatic N) is 1. The first kappa shape index (κ1) is 30.4. The number of hydrogen-bond donors (Lipinski definition) is 0. The molecule has 4 aromatic carbocycles. The molecule has 5 heteroatoms. The van der Waals surface area contributed by atoms with Crippen molar-refractivity contribution in [2.45, 2.75) is 20.8 Å². The van der Waals surface area contributed by atoms with Crippen molar-refractivity contribution in [1.29, 1.82) is 0 Å². The second-order valence-electron chi connectivity index (χ2n) is 11.1. The van der Waals surface area contributed by atoms with Crippen LogP contribution in [-0.2, 0) is 4.74 Å². The Kier molecular flexibility index (Phi) is 8.93. The van der Waals surface area contributed by atoms with Crippen LogP contribution in [0.15, 0.2) is 156 Å². The van der Waals surface area contributed by atoms with Gasteiger partial charge in [0.15, 0.2) is 11.6 Å². The summed E-state index contributed by atoms with van der Waals surface area (Å²) in [5.41, 5.74) is 5.38. The van der Waals surface area contributed by atoms with Crippen molar-refractivity contribution in [3.63, 3.8) is 0 Å². The SMILES string of the molecule is CCN(CC)c1ccc2c(c1)O/C(=C/C1=CC(=C(C(=O)c3ccccc3)C(=O)c3ccccc3)C=C(c3ccccc3)O1)C=C2C. The molecule has 0 spiro atoms. The molecule has 2 heterocycles. The lowest BCUT2D eigenvalue weighted by atomic mass is 9.90. The van der Waals surface area contributed by atoms with E-state index in [-0.39, 0.29) is 17.1 Å². The molecule has 46 heavy (non-hydrogen) atoms. The Bertz CT molecular complexity index is 1870. The van der Waals surface area contributed by atoms with Crippen LogP contribution in [0.25, 0.3) is 11.3 Å². The van der Waals surface area contributed by atoms with Gasteiger partial charge in [0, 0.05) is 53.2 Å². The largest absolute Gasteiger partial charge is 0.457 e. The molecule has 0 unspecified atom stereocenters. The molecule has 0 N–H and O–H groups in total. The summed E-state index contributed by atoms with van der Waals surface area (Å²) in [5.74, 6) is 1.59. The van der Waals surface area contributed by atoms with E-state index in [1.165, 1.54) is 0 Å². The molecule has 0 saturated heterocycles. The molecule has 0 atom stereocenters. The number of ketones is 2. The minimum absolute atomic E-state index is 0.0653. The fourth-order valence-corrected chi connectivity index (χ4v) is 5.68. The zero-order chi connectivity index (χ0) is 32.0. The summed E-state index contributed by atoms with van der Waals surface area (Å²) in [4.78, 5) is 30.4. The number of carbonyl (C=O) groups excluding carboxylic acids is 2. The lowest BCUT2D eigenvalue weighted by Gasteiger charge is -2.25. The Balaban J connectivity index is 1.49. The average molecular weight is 606 g/mol. The molecule has 0 saturated carbocycles. The third-order valence-electron chi connectivity index (χ3n) is 8.07. The molecule has 228 valence electrons. The molecule has 5 nitrogen and oxygen atoms in total. The maximum Gasteiger partial charge on any atom is 0.197 e. The highest BCUT2D eigenvalue weighted by Gasteiger charge is 2.27. The van der Waals surface area contributed by atoms with Crippen molar-refractivity contribution in [3.05, 3.63) is 178 Å². The van der Waals surface area contributed by atoms with Gasteiger partial charge in [0.05, 0.1) is 5.57 Å². The molecule has 0 aromatic heterocycles. The molecule has 0 aliphatic carbocycles. The number of hydrogen-bond acceptors (Lipinski definition) is 5. The van der Waals surface area contributed by atoms with Gasteiger partial charge in [0.25, 0.3) is 0 Å². The Morgan fingerprint density at radius 1 is 0.696 bits per heavy atom. The summed E-state index contributed by atoms with van der Waals surface area (Å²) in [6.45, 7) is 8.11. The van der Waals surface area contributed by atoms with E-state index in [0.29, 0.717) is 34.0 Å². The first-order chi connectivity index (χ1) is 22.4. The smallest absolute Gasteiger partial charge is 0.197 e. The first-order valence-corrected chi connectivity index (χ1v) is 15.5. The predicted molar refractivity (Wildman–Crippen MR) is 185 cm³/mol. The highest BCUT2D eigenvalue weighted by Crippen LogP contribution is 2.38. The van der Waals surface area contributed by atoms with Crippen LogP contribution in [0.1, 0.15) is 52.6 Å². The molecule has 2 aliphatic rings. The summed E-state index contributed by atoms with van der Waals surface area (Å²) in [6.07, 6.45) is 7.29. The zero-order valence-corrected chi connectivity index (χ0v) is 26.2. The number of anilines is 1. The number of benzene rings is 4. The highest BCUT2D eigenvalue weighted by atomic mass is 16.5. The van der Waals surface area contributed by atoms with E-state index < -0.39 is 0 Å². The predicted octanol–water partition coefficient (Wildman–Crippen LogP) is 9.23. The van der Waals surface area contributed by atoms with Crippen molar-refractivity contribution in [3.8, 4) is 5.75 Å². The minimum atomic E-state index is -0.360. The van der Waals surface area contributed by atoms with Gasteiger partial charge in [0.2, 0.25) is 0 Å². The monoisotopic (exact) mass is 605 g/mol. The summed E-state index contributed by atoms with van der Waals surface area (Å²) in [5, 5.41) is 0. The number of allylic oxidation sites excluding steroid dienone is 7. The van der Waals surface area contributed by atoms with Gasteiger partial charge in [-0.15, -0.1) is 0 Å². The van der Waals surface area contributed by atoms with E-state index in [0.717, 1.165) is 41.2 Å². The molecule has 6 rings (SSSR count). The molecule has 0 bridgehead atoms. The molecular formula is C41H35NO4. The van der Waals surface area contributed by atoms with Gasteiger partial charge < -0.3 is 14.4 Å². The van der Waals surface area contributed by atoms with Crippen LogP contribution in [0.5, 0.6) is 5.75 Å². The van der Waals surface area contributed by atoms with Crippen molar-refractivity contribution < 1.29 is 19.1 Å². The third kappa shape index (κ3) is 6.40. The van der Waals surface area contributed by atoms with Crippen LogP contribution >= 0.6 is 0 Å². The topological polar surface area (TPSA) is 55.8 Å². The fourth-order valence-electron chi connectivity index (χ4n) is 5.68. The highest BCUT2D eigenvalue weighted by molar-refractivity contribution is 6.32. The van der Waals surface area contributed by atoms with Gasteiger partial charge in [0.1, 0.15) is 23.0 Å². The molecule has 0 fully saturated rings. The molecular weight excluding hydrogens is 570 g/mol. The maximum atomic E-state index is 14.1. The van der Waals surface area contributed by atoms with E-state index in [2.05, 4.69) is 43.9 Å². The fraction of sp³-hybridized carbons (Fsp3) is 0.122. The van der Waals surface area contributed by atoms with Crippen LogP contribution in [0.2, 0.25) is 0 Å². The van der Waals surface area contributed by atoms with Gasteiger partial charge in [-0.25, -0.2) is 0 Å². The lowest BCUT2D eigenvalue weighted by Crippen LogP contribution is -2.21. The molecule has 0 radical (unpaired) electrons. The van der Waals surface area contributed by atoms with E-state index in [1.54, 1.807) is 60.7 Å². The Morgan fingerprint density at radius 3 is 1.87 bits per heavy atom. The maximum absolute atomic E-state index is 14.1. The first-order valence-electron chi connectivity index (χ1n) is 15.5. The molecule has 4 aromatic rings. The summed E-state index contributed by atoms with van der Waals surface area (Å²) >= 11 is 0. The van der Waals surface area contributed by atoms with E-state index in [9.17, 15) is 9.59 Å². The summed E-state index contributed by atoms with van der Waals surface area (Å²) in [6, 6.07) is 33.7. The second-order valence-corrected chi connectivity index (χ2v) is 11.1. The van der Waals surface area contributed by atoms with E-state index in [1.807, 2.05) is 54.6 Å². The van der Waals surface area contributed by atoms with Crippen molar-refractivity contribution >= 4 is 28.6 Å². The second kappa shape index (κ2) is 13.5. The van der Waals surface area contributed by atoms with Gasteiger partial charge in [-0.3, -0.25) is 9.59 Å². The average Bonchev–Trinajstić information content (AvgIpc) is 3.10. The van der Waals surface area contributed by atoms with E-state index >= 15 is 0 Å². The Hall–Kier alpha value is -5.68. The van der Waals surface area contributed by atoms with Gasteiger partial charge in [-0.2, -0.15) is 0 Å². The van der Waals surface area contributed by atoms with Crippen LogP contribution in [-0.4, -0.2) is 24.7 Å². The van der Waals surface area contributed by atoms with Crippen molar-refractivity contribution in [2.75, 3.05) is 18.0 Å². The number of carbonyl (C=O) groups is 2. The molecule has 0 amide bonds. The van der Waals surface area contributed by atoms with Crippen LogP contribution in [0, 0.1) is 0 Å². The van der Waals surface area contributed by atoms with Crippen LogP contribution in [0.4, 0.5) is 5.69 Å². The number of fused-ring (bicyclic) bond motifs is 1. The van der Waals surface area contributed by atoms with Gasteiger partial charge >= 0.3 is 0 Å². The van der Waals surface area contributed by atoms with Gasteiger partial charge in [-0.05, 0) is 62.3 Å². The summed E-state index contributed by atoms with van der Waals surface area (Å²) in [7, 11) is 0. The van der Waals surface area contributed by atoms with Crippen LogP contribution < -0.4 is 9.64 Å². The van der Waals surface area contributed by atoms with Crippen LogP contribution in [0.3, 0.4) is 0 Å². The quantitative estimate of drug-likeness (QED) is 0.0824. The molecule has 2 aliphatic heterocycles. The standard InChI is InChI=1S/C41H35NO4/c1-4-42(5-2)33-21-22-36-28(3)23-34(46-38(36)26-33)27-35-24-32(25-37(45-35)29-15-9-6-10-16-29)39(40(43)30-17-11-7-12-18-30)41(44)31-19-13-8-14-20-31/h6-27H,4-5H2,1-3H3/b34-27+. The lowest BCUT2D eigenvalue weighted by molar-refractivity contribution is 0.0961. The number of ether oxygens (including phenoxy) is 2. The summed E-state index contributed by atoms with van der Waals surface area (Å²) < 4.78 is 12.8. The van der Waals surface area contributed by atoms with E-state index in [4.69, 9.17) is 9.47 Å². The minimum Gasteiger partial charge on any atom is -0.457 e. The Labute approximate surface area is 270 Å².